The van der Waals surface area contributed by atoms with Crippen LogP contribution >= 0.6 is 0 Å². The number of carbonyl (C=O) groups is 1. The summed E-state index contributed by atoms with van der Waals surface area (Å²) < 4.78 is 42.8. The zero-order chi connectivity index (χ0) is 18.6. The second kappa shape index (κ2) is 8.30. The third-order valence-electron chi connectivity index (χ3n) is 4.92. The van der Waals surface area contributed by atoms with Gasteiger partial charge >= 0.3 is 12.2 Å². The van der Waals surface area contributed by atoms with Gasteiger partial charge in [-0.05, 0) is 44.5 Å². The molecule has 0 radical (unpaired) electrons. The van der Waals surface area contributed by atoms with Gasteiger partial charge in [0.15, 0.2) is 0 Å². The van der Waals surface area contributed by atoms with Gasteiger partial charge in [0.1, 0.15) is 5.76 Å². The highest BCUT2D eigenvalue weighted by Gasteiger charge is 2.34. The van der Waals surface area contributed by atoms with Crippen molar-refractivity contribution < 1.29 is 22.4 Å². The summed E-state index contributed by atoms with van der Waals surface area (Å²) in [6, 6.07) is 3.09. The summed E-state index contributed by atoms with van der Waals surface area (Å²) in [5, 5.41) is 5.62. The highest BCUT2D eigenvalue weighted by atomic mass is 19.4. The number of nitrogens with zero attached hydrogens (tertiary/aromatic N) is 2. The highest BCUT2D eigenvalue weighted by molar-refractivity contribution is 5.74. The van der Waals surface area contributed by atoms with Crippen LogP contribution in [0.3, 0.4) is 0 Å². The fourth-order valence-electron chi connectivity index (χ4n) is 3.72. The Labute approximate surface area is 150 Å². The van der Waals surface area contributed by atoms with Gasteiger partial charge in [-0.1, -0.05) is 0 Å². The first-order chi connectivity index (χ1) is 12.4. The van der Waals surface area contributed by atoms with Crippen LogP contribution in [0.5, 0.6) is 0 Å². The predicted molar refractivity (Wildman–Crippen MR) is 89.7 cm³/mol. The van der Waals surface area contributed by atoms with E-state index >= 15 is 0 Å². The molecule has 3 heterocycles. The van der Waals surface area contributed by atoms with Crippen LogP contribution in [0.15, 0.2) is 22.8 Å². The molecule has 2 atom stereocenters. The monoisotopic (exact) mass is 374 g/mol. The summed E-state index contributed by atoms with van der Waals surface area (Å²) >= 11 is 0. The first-order valence-corrected chi connectivity index (χ1v) is 9.01. The van der Waals surface area contributed by atoms with Gasteiger partial charge in [-0.25, -0.2) is 4.79 Å². The average Bonchev–Trinajstić information content (AvgIpc) is 3.29. The van der Waals surface area contributed by atoms with Crippen molar-refractivity contribution in [2.75, 3.05) is 39.3 Å². The molecule has 2 N–H and O–H groups in total. The highest BCUT2D eigenvalue weighted by Crippen LogP contribution is 2.25. The van der Waals surface area contributed by atoms with E-state index in [9.17, 15) is 18.0 Å². The van der Waals surface area contributed by atoms with Gasteiger partial charge in [0.25, 0.3) is 0 Å². The maximum Gasteiger partial charge on any atom is 0.401 e. The smallest absolute Gasteiger partial charge is 0.401 e. The van der Waals surface area contributed by atoms with E-state index in [1.165, 1.54) is 4.90 Å². The molecule has 0 spiro atoms. The lowest BCUT2D eigenvalue weighted by Gasteiger charge is -2.26. The van der Waals surface area contributed by atoms with Gasteiger partial charge in [0.05, 0.1) is 18.8 Å². The van der Waals surface area contributed by atoms with Crippen LogP contribution in [0.25, 0.3) is 0 Å². The van der Waals surface area contributed by atoms with Crippen LogP contribution in [-0.2, 0) is 0 Å². The molecule has 1 aromatic heterocycles. The fourth-order valence-corrected chi connectivity index (χ4v) is 3.72. The Morgan fingerprint density at radius 2 is 2.08 bits per heavy atom. The molecular formula is C17H25F3N4O2. The lowest BCUT2D eigenvalue weighted by atomic mass is 10.2. The minimum atomic E-state index is -4.21. The molecule has 1 aromatic rings. The van der Waals surface area contributed by atoms with Gasteiger partial charge in [-0.15, -0.1) is 0 Å². The zero-order valence-corrected chi connectivity index (χ0v) is 14.6. The van der Waals surface area contributed by atoms with Crippen molar-refractivity contribution in [3.63, 3.8) is 0 Å². The van der Waals surface area contributed by atoms with Crippen LogP contribution < -0.4 is 10.6 Å². The molecule has 2 aliphatic heterocycles. The average molecular weight is 374 g/mol. The van der Waals surface area contributed by atoms with E-state index < -0.39 is 12.7 Å². The summed E-state index contributed by atoms with van der Waals surface area (Å²) in [4.78, 5) is 15.8. The SMILES string of the molecule is O=C(NCC(c1ccco1)N1CCCC1)NC1CCN(CC(F)(F)F)C1. The lowest BCUT2D eigenvalue weighted by Crippen LogP contribution is -2.46. The Kier molecular flexibility index (Phi) is 6.08. The van der Waals surface area contributed by atoms with E-state index in [1.54, 1.807) is 6.26 Å². The van der Waals surface area contributed by atoms with Crippen LogP contribution in [-0.4, -0.2) is 67.3 Å². The normalized spacial score (nSPS) is 23.3. The molecular weight excluding hydrogens is 349 g/mol. The number of nitrogens with one attached hydrogen (secondary N) is 2. The van der Waals surface area contributed by atoms with Crippen LogP contribution in [0.2, 0.25) is 0 Å². The summed E-state index contributed by atoms with van der Waals surface area (Å²) in [6.07, 6.45) is 0.188. The summed E-state index contributed by atoms with van der Waals surface area (Å²) in [7, 11) is 0. The lowest BCUT2D eigenvalue weighted by molar-refractivity contribution is -0.143. The van der Waals surface area contributed by atoms with Crippen molar-refractivity contribution in [1.82, 2.24) is 20.4 Å². The minimum Gasteiger partial charge on any atom is -0.468 e. The Balaban J connectivity index is 1.45. The van der Waals surface area contributed by atoms with Crippen molar-refractivity contribution >= 4 is 6.03 Å². The third kappa shape index (κ3) is 5.38. The molecule has 26 heavy (non-hydrogen) atoms. The molecule has 9 heteroatoms. The van der Waals surface area contributed by atoms with Gasteiger partial charge in [-0.2, -0.15) is 13.2 Å². The molecule has 2 fully saturated rings. The van der Waals surface area contributed by atoms with Crippen molar-refractivity contribution in [1.29, 1.82) is 0 Å². The van der Waals surface area contributed by atoms with Crippen LogP contribution in [0.1, 0.15) is 31.1 Å². The zero-order valence-electron chi connectivity index (χ0n) is 14.6. The second-order valence-electron chi connectivity index (χ2n) is 6.96. The Morgan fingerprint density at radius 3 is 2.73 bits per heavy atom. The van der Waals surface area contributed by atoms with E-state index in [2.05, 4.69) is 15.5 Å². The quantitative estimate of drug-likeness (QED) is 0.803. The van der Waals surface area contributed by atoms with E-state index in [-0.39, 0.29) is 24.7 Å². The molecule has 146 valence electrons. The number of carbonyl (C=O) groups excluding carboxylic acids is 1. The Bertz CT molecular complexity index is 573. The van der Waals surface area contributed by atoms with Crippen molar-refractivity contribution in [3.05, 3.63) is 24.2 Å². The second-order valence-corrected chi connectivity index (χ2v) is 6.96. The number of amides is 2. The van der Waals surface area contributed by atoms with Gasteiger partial charge in [-0.3, -0.25) is 9.80 Å². The van der Waals surface area contributed by atoms with E-state index in [0.29, 0.717) is 19.5 Å². The first-order valence-electron chi connectivity index (χ1n) is 9.01. The molecule has 3 rings (SSSR count). The molecule has 0 bridgehead atoms. The topological polar surface area (TPSA) is 60.8 Å². The van der Waals surface area contributed by atoms with Crippen molar-refractivity contribution in [3.8, 4) is 0 Å². The molecule has 6 nitrogen and oxygen atoms in total. The minimum absolute atomic E-state index is 0.0245. The summed E-state index contributed by atoms with van der Waals surface area (Å²) in [5.74, 6) is 0.810. The largest absolute Gasteiger partial charge is 0.468 e. The van der Waals surface area contributed by atoms with Crippen LogP contribution in [0, 0.1) is 0 Å². The van der Waals surface area contributed by atoms with Gasteiger partial charge in [0.2, 0.25) is 0 Å². The maximum atomic E-state index is 12.4. The molecule has 2 amide bonds. The van der Waals surface area contributed by atoms with E-state index in [0.717, 1.165) is 31.7 Å². The van der Waals surface area contributed by atoms with E-state index in [1.807, 2.05) is 12.1 Å². The van der Waals surface area contributed by atoms with Crippen molar-refractivity contribution in [2.45, 2.75) is 37.5 Å². The number of rotatable bonds is 6. The van der Waals surface area contributed by atoms with Crippen molar-refractivity contribution in [2.24, 2.45) is 0 Å². The number of likely N-dealkylation sites (tertiary alicyclic amines) is 2. The first kappa shape index (κ1) is 19.0. The summed E-state index contributed by atoms with van der Waals surface area (Å²) in [5.41, 5.74) is 0. The number of alkyl halides is 3. The standard InChI is InChI=1S/C17H25F3N4O2/c18-17(19,20)12-23-8-5-13(11-23)22-16(25)21-10-14(15-4-3-9-26-15)24-6-1-2-7-24/h3-4,9,13-14H,1-2,5-8,10-12H2,(H2,21,22,25). The predicted octanol–water partition coefficient (Wildman–Crippen LogP) is 2.35. The van der Waals surface area contributed by atoms with Gasteiger partial charge in [0, 0.05) is 25.7 Å². The number of hydrogen-bond donors (Lipinski definition) is 2. The molecule has 0 aliphatic carbocycles. The number of furan rings is 1. The number of urea groups is 1. The Hall–Kier alpha value is -1.74. The molecule has 0 aromatic carbocycles. The summed E-state index contributed by atoms with van der Waals surface area (Å²) in [6.45, 7) is 1.96. The molecule has 0 saturated carbocycles. The number of hydrogen-bond acceptors (Lipinski definition) is 4. The molecule has 2 saturated heterocycles. The maximum absolute atomic E-state index is 12.4. The number of halogens is 3. The molecule has 2 unspecified atom stereocenters. The molecule has 2 aliphatic rings. The Morgan fingerprint density at radius 1 is 1.31 bits per heavy atom. The van der Waals surface area contributed by atoms with Gasteiger partial charge < -0.3 is 15.1 Å². The van der Waals surface area contributed by atoms with E-state index in [4.69, 9.17) is 4.42 Å². The fraction of sp³-hybridized carbons (Fsp3) is 0.706. The third-order valence-corrected chi connectivity index (χ3v) is 4.92. The van der Waals surface area contributed by atoms with Crippen LogP contribution in [0.4, 0.5) is 18.0 Å².